The summed E-state index contributed by atoms with van der Waals surface area (Å²) in [5.41, 5.74) is 5.40. The van der Waals surface area contributed by atoms with Crippen molar-refractivity contribution < 1.29 is 0 Å². The quantitative estimate of drug-likeness (QED) is 0.588. The topological polar surface area (TPSA) is 12.9 Å². The van der Waals surface area contributed by atoms with Crippen molar-refractivity contribution in [1.29, 1.82) is 0 Å². The van der Waals surface area contributed by atoms with Gasteiger partial charge in [-0.05, 0) is 12.5 Å². The van der Waals surface area contributed by atoms with Gasteiger partial charge in [0.25, 0.3) is 0 Å². The normalized spacial score (nSPS) is 13.5. The molecule has 0 N–H and O–H groups in total. The van der Waals surface area contributed by atoms with Crippen LogP contribution < -0.4 is 0 Å². The molecular formula is C8H7NS. The van der Waals surface area contributed by atoms with Gasteiger partial charge >= 0.3 is 0 Å². The van der Waals surface area contributed by atoms with E-state index in [1.165, 1.54) is 11.3 Å². The molecule has 1 aromatic rings. The van der Waals surface area contributed by atoms with Gasteiger partial charge in [-0.3, -0.25) is 0 Å². The van der Waals surface area contributed by atoms with Crippen LogP contribution >= 0.6 is 11.3 Å². The summed E-state index contributed by atoms with van der Waals surface area (Å²) in [4.78, 5) is 4.38. The van der Waals surface area contributed by atoms with E-state index in [2.05, 4.69) is 23.0 Å². The van der Waals surface area contributed by atoms with Gasteiger partial charge in [-0.25, -0.2) is 4.98 Å². The average Bonchev–Trinajstić information content (AvgIpc) is 2.70. The Hall–Kier alpha value is -0.850. The highest BCUT2D eigenvalue weighted by atomic mass is 32.1. The molecule has 0 saturated carbocycles. The molecule has 1 aliphatic carbocycles. The van der Waals surface area contributed by atoms with Crippen molar-refractivity contribution in [2.45, 2.75) is 13.3 Å². The number of allylic oxidation sites excluding steroid dienone is 1. The van der Waals surface area contributed by atoms with E-state index in [1.807, 2.05) is 6.08 Å². The molecule has 0 atom stereocenters. The van der Waals surface area contributed by atoms with Crippen LogP contribution in [0.1, 0.15) is 17.6 Å². The van der Waals surface area contributed by atoms with Crippen LogP contribution in [0, 0.1) is 0 Å². The van der Waals surface area contributed by atoms with Crippen LogP contribution in [0.25, 0.3) is 5.57 Å². The number of hydrogen-bond acceptors (Lipinski definition) is 2. The standard InChI is InChI=1S/C8H7NS/c1-2-7-5-10-8(9-7)6-3-4-6/h3,5H,2H2,1H3. The Kier molecular flexibility index (Phi) is 1.23. The van der Waals surface area contributed by atoms with Crippen LogP contribution in [-0.2, 0) is 6.42 Å². The second-order valence-corrected chi connectivity index (χ2v) is 3.06. The van der Waals surface area contributed by atoms with Crippen LogP contribution in [0.4, 0.5) is 0 Å². The van der Waals surface area contributed by atoms with E-state index < -0.39 is 0 Å². The van der Waals surface area contributed by atoms with Gasteiger partial charge in [-0.1, -0.05) is 6.92 Å². The van der Waals surface area contributed by atoms with Crippen molar-refractivity contribution in [2.24, 2.45) is 0 Å². The molecule has 0 spiro atoms. The maximum absolute atomic E-state index is 4.38. The van der Waals surface area contributed by atoms with Gasteiger partial charge < -0.3 is 0 Å². The number of rotatable bonds is 2. The number of thiazole rings is 1. The molecule has 0 amide bonds. The number of nitrogens with zero attached hydrogens (tertiary/aromatic N) is 1. The van der Waals surface area contributed by atoms with Crippen molar-refractivity contribution in [3.8, 4) is 0 Å². The largest absolute Gasteiger partial charge is 0.240 e. The van der Waals surface area contributed by atoms with Gasteiger partial charge in [-0.2, -0.15) is 0 Å². The Morgan fingerprint density at radius 2 is 2.50 bits per heavy atom. The average molecular weight is 149 g/mol. The molecule has 50 valence electrons. The Balaban J connectivity index is 2.28. The van der Waals surface area contributed by atoms with Gasteiger partial charge in [0.2, 0.25) is 0 Å². The Bertz CT molecular complexity index is 316. The van der Waals surface area contributed by atoms with Crippen LogP contribution in [0.5, 0.6) is 0 Å². The molecule has 2 rings (SSSR count). The molecule has 1 nitrogen and oxygen atoms in total. The fourth-order valence-electron chi connectivity index (χ4n) is 0.753. The molecule has 1 aliphatic rings. The van der Waals surface area contributed by atoms with E-state index in [0.29, 0.717) is 0 Å². The van der Waals surface area contributed by atoms with Crippen molar-refractivity contribution in [1.82, 2.24) is 4.98 Å². The number of aromatic nitrogens is 1. The van der Waals surface area contributed by atoms with Gasteiger partial charge in [0, 0.05) is 5.38 Å². The zero-order valence-corrected chi connectivity index (χ0v) is 6.53. The van der Waals surface area contributed by atoms with E-state index in [-0.39, 0.29) is 0 Å². The van der Waals surface area contributed by atoms with E-state index in [9.17, 15) is 0 Å². The molecule has 2 heteroatoms. The predicted octanol–water partition coefficient (Wildman–Crippen LogP) is 2.26. The van der Waals surface area contributed by atoms with Gasteiger partial charge in [-0.15, -0.1) is 17.1 Å². The molecule has 0 bridgehead atoms. The molecular weight excluding hydrogens is 142 g/mol. The highest BCUT2D eigenvalue weighted by Gasteiger charge is 2.08. The summed E-state index contributed by atoms with van der Waals surface area (Å²) in [6.07, 6.45) is 3.00. The van der Waals surface area contributed by atoms with Crippen LogP contribution in [-0.4, -0.2) is 4.98 Å². The zero-order valence-electron chi connectivity index (χ0n) is 5.72. The van der Waals surface area contributed by atoms with Crippen molar-refractivity contribution in [3.63, 3.8) is 0 Å². The lowest BCUT2D eigenvalue weighted by Crippen LogP contribution is -1.78. The second-order valence-electron chi connectivity index (χ2n) is 2.20. The fourth-order valence-corrected chi connectivity index (χ4v) is 1.63. The smallest absolute Gasteiger partial charge is 0.132 e. The molecule has 1 heterocycles. The third-order valence-corrected chi connectivity index (χ3v) is 2.36. The summed E-state index contributed by atoms with van der Waals surface area (Å²) in [5, 5.41) is 3.23. The first kappa shape index (κ1) is 5.90. The lowest BCUT2D eigenvalue weighted by atomic mass is 10.4. The molecule has 0 unspecified atom stereocenters. The zero-order chi connectivity index (χ0) is 6.97. The third kappa shape index (κ3) is 0.919. The van der Waals surface area contributed by atoms with Gasteiger partial charge in [0.1, 0.15) is 5.01 Å². The fraction of sp³-hybridized carbons (Fsp3) is 0.250. The highest BCUT2D eigenvalue weighted by Crippen LogP contribution is 2.25. The van der Waals surface area contributed by atoms with E-state index in [0.717, 1.165) is 11.4 Å². The van der Waals surface area contributed by atoms with Gasteiger partial charge in [0.15, 0.2) is 0 Å². The Labute approximate surface area is 63.7 Å². The number of hydrogen-bond donors (Lipinski definition) is 0. The van der Waals surface area contributed by atoms with E-state index >= 15 is 0 Å². The second kappa shape index (κ2) is 2.08. The molecule has 0 aliphatic heterocycles. The first-order chi connectivity index (χ1) is 4.90. The molecule has 0 fully saturated rings. The van der Waals surface area contributed by atoms with E-state index in [1.54, 1.807) is 11.3 Å². The van der Waals surface area contributed by atoms with Crippen LogP contribution in [0.3, 0.4) is 0 Å². The maximum atomic E-state index is 4.38. The highest BCUT2D eigenvalue weighted by molar-refractivity contribution is 7.11. The monoisotopic (exact) mass is 149 g/mol. The first-order valence-corrected chi connectivity index (χ1v) is 4.19. The lowest BCUT2D eigenvalue weighted by molar-refractivity contribution is 1.06. The van der Waals surface area contributed by atoms with Crippen LogP contribution in [0.15, 0.2) is 17.2 Å². The molecule has 1 aromatic heterocycles. The lowest BCUT2D eigenvalue weighted by Gasteiger charge is -1.82. The minimum absolute atomic E-state index is 1.03. The summed E-state index contributed by atoms with van der Waals surface area (Å²) in [5.74, 6) is 0. The van der Waals surface area contributed by atoms with Crippen LogP contribution in [0.2, 0.25) is 0 Å². The first-order valence-electron chi connectivity index (χ1n) is 3.31. The molecule has 0 aromatic carbocycles. The van der Waals surface area contributed by atoms with Crippen molar-refractivity contribution in [2.75, 3.05) is 0 Å². The van der Waals surface area contributed by atoms with Gasteiger partial charge in [0.05, 0.1) is 11.3 Å². The summed E-state index contributed by atoms with van der Waals surface area (Å²) in [6.45, 7) is 2.12. The molecule has 0 saturated heterocycles. The van der Waals surface area contributed by atoms with E-state index in [4.69, 9.17) is 0 Å². The minimum atomic E-state index is 1.03. The third-order valence-electron chi connectivity index (χ3n) is 1.43. The summed E-state index contributed by atoms with van der Waals surface area (Å²) < 4.78 is 0. The predicted molar refractivity (Wildman–Crippen MR) is 43.0 cm³/mol. The molecule has 0 radical (unpaired) electrons. The summed E-state index contributed by atoms with van der Waals surface area (Å²) >= 11 is 1.70. The Morgan fingerprint density at radius 1 is 1.70 bits per heavy atom. The minimum Gasteiger partial charge on any atom is -0.240 e. The SMILES string of the molecule is CCc1csc(C2=C=C2)n1. The van der Waals surface area contributed by atoms with Crippen molar-refractivity contribution >= 4 is 16.9 Å². The summed E-state index contributed by atoms with van der Waals surface area (Å²) in [6, 6.07) is 0. The summed E-state index contributed by atoms with van der Waals surface area (Å²) in [7, 11) is 0. The maximum Gasteiger partial charge on any atom is 0.132 e. The van der Waals surface area contributed by atoms with Crippen molar-refractivity contribution in [3.05, 3.63) is 27.9 Å². The number of aryl methyl sites for hydroxylation is 1. The Morgan fingerprint density at radius 3 is 3.00 bits per heavy atom. The molecule has 10 heavy (non-hydrogen) atoms.